The van der Waals surface area contributed by atoms with E-state index >= 15 is 0 Å². The van der Waals surface area contributed by atoms with Crippen LogP contribution in [-0.2, 0) is 17.1 Å². The second-order valence-corrected chi connectivity index (χ2v) is 1.50. The van der Waals surface area contributed by atoms with Crippen LogP contribution >= 0.6 is 0 Å². The van der Waals surface area contributed by atoms with Crippen molar-refractivity contribution in [3.63, 3.8) is 0 Å². The molecule has 0 bridgehead atoms. The molecule has 0 rings (SSSR count). The zero-order valence-corrected chi connectivity index (χ0v) is 5.78. The summed E-state index contributed by atoms with van der Waals surface area (Å²) in [6, 6.07) is 0. The van der Waals surface area contributed by atoms with Gasteiger partial charge in [-0.05, 0) is 0 Å². The van der Waals surface area contributed by atoms with E-state index in [2.05, 4.69) is 0 Å². The van der Waals surface area contributed by atoms with Crippen molar-refractivity contribution in [1.29, 1.82) is 0 Å². The Morgan fingerprint density at radius 3 is 1.00 bits per heavy atom. The molecule has 0 spiro atoms. The first kappa shape index (κ1) is 9.52. The van der Waals surface area contributed by atoms with Crippen molar-refractivity contribution < 1.29 is 27.2 Å². The summed E-state index contributed by atoms with van der Waals surface area (Å²) in [5.74, 6) is 0. The van der Waals surface area contributed by atoms with Crippen LogP contribution in [0.2, 0.25) is 0 Å². The van der Waals surface area contributed by atoms with Gasteiger partial charge < -0.3 is 0 Å². The number of hydrogen-bond donors (Lipinski definition) is 0. The van der Waals surface area contributed by atoms with Crippen LogP contribution in [0.3, 0.4) is 0 Å². The van der Waals surface area contributed by atoms with Crippen LogP contribution in [0.1, 0.15) is 0 Å². The molecule has 0 radical (unpaired) electrons. The van der Waals surface area contributed by atoms with Crippen LogP contribution < -0.4 is 10.2 Å². The standard InChI is InChI=1S/Mn.3O.Sb/q+3;3*-1;. The molecule has 3 nitrogen and oxygen atoms in total. The molecule has 0 amide bonds. The fourth-order valence-electron chi connectivity index (χ4n) is 0. The van der Waals surface area contributed by atoms with Crippen molar-refractivity contribution in [3.8, 4) is 0 Å². The Morgan fingerprint density at radius 2 is 1.00 bits per heavy atom. The third-order valence-corrected chi connectivity index (χ3v) is 0. The van der Waals surface area contributed by atoms with E-state index in [0.717, 1.165) is 0 Å². The van der Waals surface area contributed by atoms with Gasteiger partial charge in [-0.3, -0.25) is 0 Å². The van der Waals surface area contributed by atoms with Gasteiger partial charge in [-0.15, -0.1) is 0 Å². The molecule has 5 heavy (non-hydrogen) atoms. The molecule has 0 saturated carbocycles. The van der Waals surface area contributed by atoms with Crippen LogP contribution in [0, 0.1) is 0 Å². The molecule has 5 heteroatoms. The fourth-order valence-corrected chi connectivity index (χ4v) is 0. The van der Waals surface area contributed by atoms with Crippen LogP contribution in [0.4, 0.5) is 0 Å². The van der Waals surface area contributed by atoms with E-state index in [-0.39, 0.29) is 17.1 Å². The first-order chi connectivity index (χ1) is 1.73. The fraction of sp³-hybridized carbons (Fsp3) is 0. The predicted octanol–water partition coefficient (Wildman–Crippen LogP) is -3.95. The molecule has 0 N–H and O–H groups in total. The normalized spacial score (nSPS) is 7.20. The summed E-state index contributed by atoms with van der Waals surface area (Å²) >= 11 is -4.20. The van der Waals surface area contributed by atoms with E-state index in [1.54, 1.807) is 0 Å². The van der Waals surface area contributed by atoms with Gasteiger partial charge >= 0.3 is 48.7 Å². The zero-order chi connectivity index (χ0) is 3.58. The second kappa shape index (κ2) is 5.22. The summed E-state index contributed by atoms with van der Waals surface area (Å²) < 4.78 is 25.8. The third-order valence-electron chi connectivity index (χ3n) is 0. The molecular weight excluding hydrogens is 225 g/mol. The molecule has 0 aromatic carbocycles. The summed E-state index contributed by atoms with van der Waals surface area (Å²) in [7, 11) is 0. The minimum atomic E-state index is -4.20. The maximum atomic E-state index is 8.60. The maximum absolute atomic E-state index is 8.60. The summed E-state index contributed by atoms with van der Waals surface area (Å²) in [6.45, 7) is 0. The molecule has 0 aliphatic carbocycles. The monoisotopic (exact) mass is 224 g/mol. The zero-order valence-electron chi connectivity index (χ0n) is 2.05. The van der Waals surface area contributed by atoms with Gasteiger partial charge in [0.1, 0.15) is 0 Å². The van der Waals surface area contributed by atoms with Crippen LogP contribution in [0.15, 0.2) is 0 Å². The van der Waals surface area contributed by atoms with E-state index < -0.39 is 21.5 Å². The summed E-state index contributed by atoms with van der Waals surface area (Å²) in [4.78, 5) is 0. The van der Waals surface area contributed by atoms with Gasteiger partial charge in [-0.1, -0.05) is 0 Å². The van der Waals surface area contributed by atoms with Gasteiger partial charge in [0.05, 0.1) is 0 Å². The molecule has 30 valence electrons. The van der Waals surface area contributed by atoms with E-state index in [0.29, 0.717) is 0 Å². The molecule has 0 fully saturated rings. The summed E-state index contributed by atoms with van der Waals surface area (Å²) in [5, 5.41) is 0. The van der Waals surface area contributed by atoms with Crippen LogP contribution in [0.25, 0.3) is 0 Å². The number of hydrogen-bond acceptors (Lipinski definition) is 3. The molecule has 0 aromatic rings. The Kier molecular flexibility index (Phi) is 9.93. The Morgan fingerprint density at radius 1 is 1.00 bits per heavy atom. The van der Waals surface area contributed by atoms with Crippen molar-refractivity contribution in [3.05, 3.63) is 0 Å². The molecule has 0 unspecified atom stereocenters. The van der Waals surface area contributed by atoms with Gasteiger partial charge in [-0.25, -0.2) is 0 Å². The molecule has 0 aliphatic rings. The van der Waals surface area contributed by atoms with E-state index in [1.807, 2.05) is 0 Å². The average molecular weight is 225 g/mol. The van der Waals surface area contributed by atoms with Gasteiger partial charge in [-0.2, -0.15) is 0 Å². The second-order valence-electron chi connectivity index (χ2n) is 0.224. The third kappa shape index (κ3) is 36.4. The summed E-state index contributed by atoms with van der Waals surface area (Å²) in [5.41, 5.74) is 0. The van der Waals surface area contributed by atoms with Crippen molar-refractivity contribution in [2.24, 2.45) is 0 Å². The minimum absolute atomic E-state index is 0. The van der Waals surface area contributed by atoms with Crippen molar-refractivity contribution in [2.45, 2.75) is 0 Å². The quantitative estimate of drug-likeness (QED) is 0.395. The molecule has 0 saturated heterocycles. The molecule has 0 atom stereocenters. The van der Waals surface area contributed by atoms with Crippen molar-refractivity contribution in [1.82, 2.24) is 0 Å². The Hall–Kier alpha value is 1.22. The molecule has 0 aliphatic heterocycles. The van der Waals surface area contributed by atoms with Gasteiger partial charge in [0.25, 0.3) is 0 Å². The van der Waals surface area contributed by atoms with E-state index in [4.69, 9.17) is 10.2 Å². The summed E-state index contributed by atoms with van der Waals surface area (Å²) in [6.07, 6.45) is 0. The van der Waals surface area contributed by atoms with Crippen LogP contribution in [0.5, 0.6) is 0 Å². The molecule has 0 heterocycles. The van der Waals surface area contributed by atoms with Gasteiger partial charge in [0.2, 0.25) is 0 Å². The first-order valence-electron chi connectivity index (χ1n) is 0.548. The molecular formula is MnO3Sb. The topological polar surface area (TPSA) is 69.2 Å². The van der Waals surface area contributed by atoms with E-state index in [1.165, 1.54) is 0 Å². The predicted molar refractivity (Wildman–Crippen MR) is 5.75 cm³/mol. The Labute approximate surface area is 48.7 Å². The molecule has 0 aromatic heterocycles. The average Bonchev–Trinajstić information content (AvgIpc) is 0.811. The SMILES string of the molecule is [Mn+3].[O-][Sb]([O-])[O-]. The Bertz CT molecular complexity index is 11.6. The Balaban J connectivity index is 0. The van der Waals surface area contributed by atoms with Gasteiger partial charge in [0.15, 0.2) is 0 Å². The van der Waals surface area contributed by atoms with Gasteiger partial charge in [0, 0.05) is 0 Å². The van der Waals surface area contributed by atoms with Crippen molar-refractivity contribution in [2.75, 3.05) is 0 Å². The van der Waals surface area contributed by atoms with Crippen molar-refractivity contribution >= 4 is 21.5 Å². The first-order valence-corrected chi connectivity index (χ1v) is 3.67. The van der Waals surface area contributed by atoms with E-state index in [9.17, 15) is 0 Å². The number of rotatable bonds is 0. The van der Waals surface area contributed by atoms with Crippen LogP contribution in [-0.4, -0.2) is 21.5 Å².